The number of nitrogens with zero attached hydrogens (tertiary/aromatic N) is 1. The molecule has 20 heavy (non-hydrogen) atoms. The summed E-state index contributed by atoms with van der Waals surface area (Å²) in [4.78, 5) is 14.2. The molecule has 0 aliphatic carbocycles. The largest absolute Gasteiger partial charge is 0.355 e. The Kier molecular flexibility index (Phi) is 5.60. The van der Waals surface area contributed by atoms with Crippen LogP contribution in [-0.2, 0) is 11.2 Å². The maximum Gasteiger partial charge on any atom is 0.234 e. The van der Waals surface area contributed by atoms with Crippen LogP contribution in [0.5, 0.6) is 0 Å². The van der Waals surface area contributed by atoms with E-state index in [4.69, 9.17) is 0 Å². The zero-order valence-corrected chi connectivity index (χ0v) is 12.7. The summed E-state index contributed by atoms with van der Waals surface area (Å²) in [7, 11) is 0. The number of piperidine rings is 1. The standard InChI is InChI=1S/C17H26N2O/c1-14-8-11-19(12-9-14)13-17(20)18-10-7-16-6-4-3-5-15(16)2/h3-6,14H,7-13H2,1-2H3,(H,18,20). The fraction of sp³-hybridized carbons (Fsp3) is 0.588. The Balaban J connectivity index is 1.67. The molecule has 0 atom stereocenters. The van der Waals surface area contributed by atoms with Crippen LogP contribution in [0.2, 0.25) is 0 Å². The summed E-state index contributed by atoms with van der Waals surface area (Å²) in [5.74, 6) is 0.975. The average Bonchev–Trinajstić information content (AvgIpc) is 2.43. The summed E-state index contributed by atoms with van der Waals surface area (Å²) >= 11 is 0. The number of likely N-dealkylation sites (tertiary alicyclic amines) is 1. The molecule has 110 valence electrons. The first-order valence-electron chi connectivity index (χ1n) is 7.68. The molecule has 1 heterocycles. The van der Waals surface area contributed by atoms with Gasteiger partial charge in [-0.3, -0.25) is 9.69 Å². The van der Waals surface area contributed by atoms with Gasteiger partial charge >= 0.3 is 0 Å². The van der Waals surface area contributed by atoms with Crippen molar-refractivity contribution in [3.8, 4) is 0 Å². The lowest BCUT2D eigenvalue weighted by Crippen LogP contribution is -2.41. The summed E-state index contributed by atoms with van der Waals surface area (Å²) in [6.07, 6.45) is 3.35. The highest BCUT2D eigenvalue weighted by molar-refractivity contribution is 5.78. The van der Waals surface area contributed by atoms with E-state index >= 15 is 0 Å². The predicted octanol–water partition coefficient (Wildman–Crippen LogP) is 2.39. The molecule has 1 N–H and O–H groups in total. The van der Waals surface area contributed by atoms with E-state index in [0.717, 1.165) is 32.0 Å². The fourth-order valence-electron chi connectivity index (χ4n) is 2.71. The zero-order valence-electron chi connectivity index (χ0n) is 12.7. The van der Waals surface area contributed by atoms with Crippen molar-refractivity contribution in [2.45, 2.75) is 33.1 Å². The van der Waals surface area contributed by atoms with Crippen LogP contribution in [0.4, 0.5) is 0 Å². The molecule has 3 nitrogen and oxygen atoms in total. The minimum absolute atomic E-state index is 0.160. The SMILES string of the molecule is Cc1ccccc1CCNC(=O)CN1CCC(C)CC1. The van der Waals surface area contributed by atoms with E-state index in [9.17, 15) is 4.79 Å². The maximum atomic E-state index is 11.9. The number of benzene rings is 1. The van der Waals surface area contributed by atoms with Crippen molar-refractivity contribution in [3.63, 3.8) is 0 Å². The topological polar surface area (TPSA) is 32.3 Å². The van der Waals surface area contributed by atoms with Crippen molar-refractivity contribution in [3.05, 3.63) is 35.4 Å². The Morgan fingerprint density at radius 2 is 2.00 bits per heavy atom. The summed E-state index contributed by atoms with van der Waals surface area (Å²) in [6, 6.07) is 8.35. The number of carbonyl (C=O) groups excluding carboxylic acids is 1. The maximum absolute atomic E-state index is 11.9. The second kappa shape index (κ2) is 7.44. The predicted molar refractivity (Wildman–Crippen MR) is 82.7 cm³/mol. The van der Waals surface area contributed by atoms with Crippen LogP contribution in [0.1, 0.15) is 30.9 Å². The minimum atomic E-state index is 0.160. The summed E-state index contributed by atoms with van der Waals surface area (Å²) in [5, 5.41) is 3.04. The molecule has 1 fully saturated rings. The zero-order chi connectivity index (χ0) is 14.4. The summed E-state index contributed by atoms with van der Waals surface area (Å²) in [5.41, 5.74) is 2.62. The summed E-state index contributed by atoms with van der Waals surface area (Å²) < 4.78 is 0. The van der Waals surface area contributed by atoms with Gasteiger partial charge in [0.15, 0.2) is 0 Å². The Morgan fingerprint density at radius 1 is 1.30 bits per heavy atom. The fourth-order valence-corrected chi connectivity index (χ4v) is 2.71. The molecule has 0 radical (unpaired) electrons. The van der Waals surface area contributed by atoms with Crippen molar-refractivity contribution in [2.75, 3.05) is 26.2 Å². The Hall–Kier alpha value is -1.35. The van der Waals surface area contributed by atoms with Crippen molar-refractivity contribution < 1.29 is 4.79 Å². The second-order valence-electron chi connectivity index (χ2n) is 5.99. The van der Waals surface area contributed by atoms with Gasteiger partial charge in [0.2, 0.25) is 5.91 Å². The first-order valence-corrected chi connectivity index (χ1v) is 7.68. The summed E-state index contributed by atoms with van der Waals surface area (Å²) in [6.45, 7) is 7.82. The first-order chi connectivity index (χ1) is 9.65. The van der Waals surface area contributed by atoms with Crippen molar-refractivity contribution in [1.29, 1.82) is 0 Å². The van der Waals surface area contributed by atoms with Crippen molar-refractivity contribution >= 4 is 5.91 Å². The highest BCUT2D eigenvalue weighted by Crippen LogP contribution is 2.15. The third-order valence-corrected chi connectivity index (χ3v) is 4.22. The third kappa shape index (κ3) is 4.64. The number of amides is 1. The van der Waals surface area contributed by atoms with Gasteiger partial charge in [-0.05, 0) is 56.3 Å². The van der Waals surface area contributed by atoms with Gasteiger partial charge in [0, 0.05) is 6.54 Å². The smallest absolute Gasteiger partial charge is 0.234 e. The van der Waals surface area contributed by atoms with E-state index in [-0.39, 0.29) is 5.91 Å². The molecule has 0 bridgehead atoms. The average molecular weight is 274 g/mol. The van der Waals surface area contributed by atoms with Gasteiger partial charge in [-0.1, -0.05) is 31.2 Å². The van der Waals surface area contributed by atoms with Crippen LogP contribution < -0.4 is 5.32 Å². The molecule has 2 rings (SSSR count). The number of carbonyl (C=O) groups is 1. The normalized spacial score (nSPS) is 17.1. The molecular weight excluding hydrogens is 248 g/mol. The number of nitrogens with one attached hydrogen (secondary N) is 1. The number of hydrogen-bond acceptors (Lipinski definition) is 2. The van der Waals surface area contributed by atoms with Crippen LogP contribution >= 0.6 is 0 Å². The molecule has 0 spiro atoms. The number of rotatable bonds is 5. The monoisotopic (exact) mass is 274 g/mol. The highest BCUT2D eigenvalue weighted by atomic mass is 16.2. The third-order valence-electron chi connectivity index (χ3n) is 4.22. The van der Waals surface area contributed by atoms with Crippen molar-refractivity contribution in [2.24, 2.45) is 5.92 Å². The second-order valence-corrected chi connectivity index (χ2v) is 5.99. The molecule has 1 amide bonds. The van der Waals surface area contributed by atoms with E-state index in [1.165, 1.54) is 24.0 Å². The van der Waals surface area contributed by atoms with E-state index in [2.05, 4.69) is 48.3 Å². The molecule has 0 unspecified atom stereocenters. The molecule has 0 saturated carbocycles. The van der Waals surface area contributed by atoms with Gasteiger partial charge in [-0.2, -0.15) is 0 Å². The lowest BCUT2D eigenvalue weighted by atomic mass is 9.99. The molecule has 1 aliphatic rings. The quantitative estimate of drug-likeness (QED) is 0.894. The number of aryl methyl sites for hydroxylation is 1. The van der Waals surface area contributed by atoms with Crippen molar-refractivity contribution in [1.82, 2.24) is 10.2 Å². The van der Waals surface area contributed by atoms with Gasteiger partial charge in [-0.15, -0.1) is 0 Å². The van der Waals surface area contributed by atoms with E-state index in [0.29, 0.717) is 6.54 Å². The molecule has 3 heteroatoms. The van der Waals surface area contributed by atoms with Gasteiger partial charge in [0.25, 0.3) is 0 Å². The Morgan fingerprint density at radius 3 is 2.70 bits per heavy atom. The van der Waals surface area contributed by atoms with Gasteiger partial charge in [0.05, 0.1) is 6.54 Å². The van der Waals surface area contributed by atoms with Gasteiger partial charge < -0.3 is 5.32 Å². The molecule has 1 aromatic carbocycles. The van der Waals surface area contributed by atoms with Crippen LogP contribution in [0.3, 0.4) is 0 Å². The minimum Gasteiger partial charge on any atom is -0.355 e. The molecule has 0 aromatic heterocycles. The van der Waals surface area contributed by atoms with E-state index in [1.807, 2.05) is 0 Å². The molecule has 1 saturated heterocycles. The molecule has 1 aliphatic heterocycles. The first kappa shape index (κ1) is 15.0. The molecule has 1 aromatic rings. The van der Waals surface area contributed by atoms with E-state index < -0.39 is 0 Å². The Bertz CT molecular complexity index is 436. The van der Waals surface area contributed by atoms with Crippen LogP contribution in [0, 0.1) is 12.8 Å². The van der Waals surface area contributed by atoms with Crippen LogP contribution in [0.15, 0.2) is 24.3 Å². The highest BCUT2D eigenvalue weighted by Gasteiger charge is 2.17. The van der Waals surface area contributed by atoms with Gasteiger partial charge in [-0.25, -0.2) is 0 Å². The lowest BCUT2D eigenvalue weighted by molar-refractivity contribution is -0.122. The van der Waals surface area contributed by atoms with Crippen LogP contribution in [0.25, 0.3) is 0 Å². The number of hydrogen-bond donors (Lipinski definition) is 1. The Labute approximate surface area is 122 Å². The van der Waals surface area contributed by atoms with Crippen LogP contribution in [-0.4, -0.2) is 37.0 Å². The van der Waals surface area contributed by atoms with Gasteiger partial charge in [0.1, 0.15) is 0 Å². The van der Waals surface area contributed by atoms with E-state index in [1.54, 1.807) is 0 Å². The lowest BCUT2D eigenvalue weighted by Gasteiger charge is -2.29. The molecular formula is C17H26N2O.